The Hall–Kier alpha value is -2.43. The van der Waals surface area contributed by atoms with E-state index in [0.29, 0.717) is 5.88 Å². The molecule has 0 fully saturated rings. The van der Waals surface area contributed by atoms with Crippen molar-refractivity contribution < 1.29 is 9.53 Å². The Labute approximate surface area is 105 Å². The molecular weight excluding hydrogens is 230 g/mol. The number of carbonyl (C=O) groups excluding carboxylic acids is 1. The number of benzene rings is 1. The molecule has 1 aromatic heterocycles. The van der Waals surface area contributed by atoms with E-state index in [2.05, 4.69) is 15.5 Å². The molecule has 0 saturated heterocycles. The van der Waals surface area contributed by atoms with Crippen molar-refractivity contribution >= 4 is 11.6 Å². The standard InChI is InChI=1S/C13H13N3O2/c1-9-3-5-10(6-4-9)14-13(17)11-7-8-12(18-2)16-15-11/h3-8H,1-2H3,(H,14,17). The first-order valence-corrected chi connectivity index (χ1v) is 5.45. The number of anilines is 1. The molecule has 1 aromatic carbocycles. The highest BCUT2D eigenvalue weighted by Crippen LogP contribution is 2.10. The summed E-state index contributed by atoms with van der Waals surface area (Å²) in [4.78, 5) is 11.8. The molecule has 0 bridgehead atoms. The van der Waals surface area contributed by atoms with Crippen LogP contribution in [0.4, 0.5) is 5.69 Å². The monoisotopic (exact) mass is 243 g/mol. The van der Waals surface area contributed by atoms with Gasteiger partial charge in [-0.25, -0.2) is 0 Å². The van der Waals surface area contributed by atoms with Crippen LogP contribution in [0.3, 0.4) is 0 Å². The molecule has 18 heavy (non-hydrogen) atoms. The molecule has 5 nitrogen and oxygen atoms in total. The van der Waals surface area contributed by atoms with Crippen LogP contribution in [-0.2, 0) is 0 Å². The van der Waals surface area contributed by atoms with Crippen LogP contribution in [0.2, 0.25) is 0 Å². The summed E-state index contributed by atoms with van der Waals surface area (Å²) < 4.78 is 4.88. The predicted molar refractivity (Wildman–Crippen MR) is 67.7 cm³/mol. The van der Waals surface area contributed by atoms with Gasteiger partial charge < -0.3 is 10.1 Å². The summed E-state index contributed by atoms with van der Waals surface area (Å²) in [5, 5.41) is 10.3. The number of carbonyl (C=O) groups is 1. The van der Waals surface area contributed by atoms with E-state index < -0.39 is 0 Å². The van der Waals surface area contributed by atoms with Crippen molar-refractivity contribution in [1.29, 1.82) is 0 Å². The van der Waals surface area contributed by atoms with Crippen molar-refractivity contribution in [2.75, 3.05) is 12.4 Å². The molecule has 0 unspecified atom stereocenters. The number of aromatic nitrogens is 2. The fourth-order valence-corrected chi connectivity index (χ4v) is 1.38. The van der Waals surface area contributed by atoms with E-state index in [0.717, 1.165) is 11.3 Å². The normalized spacial score (nSPS) is 9.89. The van der Waals surface area contributed by atoms with E-state index in [-0.39, 0.29) is 11.6 Å². The summed E-state index contributed by atoms with van der Waals surface area (Å²) in [6, 6.07) is 10.7. The van der Waals surface area contributed by atoms with Gasteiger partial charge in [0.25, 0.3) is 5.91 Å². The molecule has 0 aliphatic rings. The Balaban J connectivity index is 2.09. The Kier molecular flexibility index (Phi) is 3.52. The van der Waals surface area contributed by atoms with Gasteiger partial charge in [0, 0.05) is 11.8 Å². The van der Waals surface area contributed by atoms with E-state index in [4.69, 9.17) is 4.74 Å². The minimum atomic E-state index is -0.297. The molecule has 0 saturated carbocycles. The Morgan fingerprint density at radius 1 is 1.11 bits per heavy atom. The minimum absolute atomic E-state index is 0.247. The number of methoxy groups -OCH3 is 1. The lowest BCUT2D eigenvalue weighted by Gasteiger charge is -2.04. The van der Waals surface area contributed by atoms with Crippen LogP contribution in [-0.4, -0.2) is 23.2 Å². The molecule has 5 heteroatoms. The van der Waals surface area contributed by atoms with E-state index in [1.165, 1.54) is 7.11 Å². The average molecular weight is 243 g/mol. The molecule has 0 aliphatic carbocycles. The first kappa shape index (κ1) is 12.0. The zero-order valence-corrected chi connectivity index (χ0v) is 10.2. The van der Waals surface area contributed by atoms with Crippen molar-refractivity contribution in [3.8, 4) is 5.88 Å². The van der Waals surface area contributed by atoms with Gasteiger partial charge in [-0.05, 0) is 25.1 Å². The third kappa shape index (κ3) is 2.82. The second-order valence-electron chi connectivity index (χ2n) is 3.78. The molecule has 0 spiro atoms. The van der Waals surface area contributed by atoms with Crippen LogP contribution in [0, 0.1) is 6.92 Å². The van der Waals surface area contributed by atoms with Gasteiger partial charge >= 0.3 is 0 Å². The third-order valence-corrected chi connectivity index (χ3v) is 2.39. The summed E-state index contributed by atoms with van der Waals surface area (Å²) in [5.41, 5.74) is 2.11. The Morgan fingerprint density at radius 3 is 2.39 bits per heavy atom. The molecule has 92 valence electrons. The van der Waals surface area contributed by atoms with Gasteiger partial charge in [-0.2, -0.15) is 0 Å². The van der Waals surface area contributed by atoms with Crippen LogP contribution >= 0.6 is 0 Å². The first-order valence-electron chi connectivity index (χ1n) is 5.45. The van der Waals surface area contributed by atoms with Crippen LogP contribution in [0.25, 0.3) is 0 Å². The van der Waals surface area contributed by atoms with E-state index in [1.54, 1.807) is 12.1 Å². The van der Waals surface area contributed by atoms with Crippen molar-refractivity contribution in [2.45, 2.75) is 6.92 Å². The van der Waals surface area contributed by atoms with Gasteiger partial charge in [0.1, 0.15) is 0 Å². The molecule has 0 atom stereocenters. The molecule has 1 amide bonds. The number of nitrogens with zero attached hydrogens (tertiary/aromatic N) is 2. The summed E-state index contributed by atoms with van der Waals surface area (Å²) in [5.74, 6) is 0.0795. The lowest BCUT2D eigenvalue weighted by atomic mass is 10.2. The molecule has 1 N–H and O–H groups in total. The van der Waals surface area contributed by atoms with E-state index in [9.17, 15) is 4.79 Å². The zero-order valence-electron chi connectivity index (χ0n) is 10.2. The number of ether oxygens (including phenoxy) is 1. The predicted octanol–water partition coefficient (Wildman–Crippen LogP) is 2.05. The summed E-state index contributed by atoms with van der Waals surface area (Å²) in [6.45, 7) is 1.99. The molecule has 2 aromatic rings. The molecular formula is C13H13N3O2. The van der Waals surface area contributed by atoms with Gasteiger partial charge in [-0.15, -0.1) is 10.2 Å². The number of hydrogen-bond acceptors (Lipinski definition) is 4. The lowest BCUT2D eigenvalue weighted by Crippen LogP contribution is -2.14. The molecule has 2 rings (SSSR count). The Morgan fingerprint density at radius 2 is 1.83 bits per heavy atom. The second kappa shape index (κ2) is 5.27. The fourth-order valence-electron chi connectivity index (χ4n) is 1.38. The molecule has 0 aliphatic heterocycles. The smallest absolute Gasteiger partial charge is 0.276 e. The number of hydrogen-bond donors (Lipinski definition) is 1. The number of nitrogens with one attached hydrogen (secondary N) is 1. The molecule has 1 heterocycles. The van der Waals surface area contributed by atoms with Crippen molar-refractivity contribution in [3.05, 3.63) is 47.7 Å². The molecule has 0 radical (unpaired) electrons. The van der Waals surface area contributed by atoms with E-state index >= 15 is 0 Å². The number of aryl methyl sites for hydroxylation is 1. The topological polar surface area (TPSA) is 64.1 Å². The lowest BCUT2D eigenvalue weighted by molar-refractivity contribution is 0.102. The van der Waals surface area contributed by atoms with Crippen molar-refractivity contribution in [3.63, 3.8) is 0 Å². The maximum Gasteiger partial charge on any atom is 0.276 e. The summed E-state index contributed by atoms with van der Waals surface area (Å²) in [7, 11) is 1.50. The highest BCUT2D eigenvalue weighted by Gasteiger charge is 2.08. The first-order chi connectivity index (χ1) is 8.69. The highest BCUT2D eigenvalue weighted by atomic mass is 16.5. The SMILES string of the molecule is COc1ccc(C(=O)Nc2ccc(C)cc2)nn1. The van der Waals surface area contributed by atoms with Gasteiger partial charge in [-0.3, -0.25) is 4.79 Å². The number of rotatable bonds is 3. The number of amides is 1. The van der Waals surface area contributed by atoms with Gasteiger partial charge in [-0.1, -0.05) is 17.7 Å². The fraction of sp³-hybridized carbons (Fsp3) is 0.154. The summed E-state index contributed by atoms with van der Waals surface area (Å²) in [6.07, 6.45) is 0. The maximum atomic E-state index is 11.8. The quantitative estimate of drug-likeness (QED) is 0.896. The zero-order chi connectivity index (χ0) is 13.0. The third-order valence-electron chi connectivity index (χ3n) is 2.39. The maximum absolute atomic E-state index is 11.8. The van der Waals surface area contributed by atoms with Crippen LogP contribution in [0.1, 0.15) is 16.1 Å². The van der Waals surface area contributed by atoms with Crippen LogP contribution in [0.15, 0.2) is 36.4 Å². The minimum Gasteiger partial charge on any atom is -0.480 e. The Bertz CT molecular complexity index is 535. The second-order valence-corrected chi connectivity index (χ2v) is 3.78. The van der Waals surface area contributed by atoms with Crippen LogP contribution in [0.5, 0.6) is 5.88 Å². The van der Waals surface area contributed by atoms with Crippen molar-refractivity contribution in [2.24, 2.45) is 0 Å². The van der Waals surface area contributed by atoms with E-state index in [1.807, 2.05) is 31.2 Å². The highest BCUT2D eigenvalue weighted by molar-refractivity contribution is 6.02. The average Bonchev–Trinajstić information content (AvgIpc) is 2.41. The van der Waals surface area contributed by atoms with Crippen LogP contribution < -0.4 is 10.1 Å². The summed E-state index contributed by atoms with van der Waals surface area (Å²) >= 11 is 0. The largest absolute Gasteiger partial charge is 0.480 e. The van der Waals surface area contributed by atoms with Gasteiger partial charge in [0.05, 0.1) is 7.11 Å². The van der Waals surface area contributed by atoms with Gasteiger partial charge in [0.15, 0.2) is 5.69 Å². The van der Waals surface area contributed by atoms with Gasteiger partial charge in [0.2, 0.25) is 5.88 Å². The van der Waals surface area contributed by atoms with Crippen molar-refractivity contribution in [1.82, 2.24) is 10.2 Å².